The number of aliphatic hydroxyl groups is 1. The zero-order chi connectivity index (χ0) is 12.4. The second-order valence-electron chi connectivity index (χ2n) is 4.15. The van der Waals surface area contributed by atoms with E-state index in [9.17, 15) is 4.79 Å². The molecule has 0 saturated carbocycles. The molecule has 0 aliphatic carbocycles. The summed E-state index contributed by atoms with van der Waals surface area (Å²) in [5.41, 5.74) is 1.09. The van der Waals surface area contributed by atoms with E-state index < -0.39 is 0 Å². The van der Waals surface area contributed by atoms with Gasteiger partial charge < -0.3 is 14.9 Å². The van der Waals surface area contributed by atoms with Crippen molar-refractivity contribution in [3.8, 4) is 0 Å². The molecule has 1 N–H and O–H groups in total. The lowest BCUT2D eigenvalue weighted by Gasteiger charge is -2.22. The molecule has 1 fully saturated rings. The number of carbonyl (C=O) groups excluding carboxylic acids is 1. The molecule has 0 spiro atoms. The third-order valence-corrected chi connectivity index (χ3v) is 3.46. The van der Waals surface area contributed by atoms with Gasteiger partial charge in [-0.15, -0.1) is 0 Å². The van der Waals surface area contributed by atoms with E-state index >= 15 is 0 Å². The van der Waals surface area contributed by atoms with E-state index in [-0.39, 0.29) is 18.7 Å². The number of benzene rings is 1. The molecule has 1 aliphatic rings. The van der Waals surface area contributed by atoms with Crippen LogP contribution in [-0.4, -0.2) is 47.7 Å². The number of urea groups is 1. The fourth-order valence-corrected chi connectivity index (χ4v) is 2.56. The second kappa shape index (κ2) is 5.06. The molecule has 92 valence electrons. The molecule has 1 aromatic carbocycles. The summed E-state index contributed by atoms with van der Waals surface area (Å²) in [4.78, 5) is 15.3. The van der Waals surface area contributed by atoms with Gasteiger partial charge in [-0.1, -0.05) is 28.1 Å². The van der Waals surface area contributed by atoms with Crippen LogP contribution in [-0.2, 0) is 0 Å². The maximum absolute atomic E-state index is 11.9. The summed E-state index contributed by atoms with van der Waals surface area (Å²) < 4.78 is 1.00. The fourth-order valence-electron chi connectivity index (χ4n) is 2.15. The van der Waals surface area contributed by atoms with Crippen molar-refractivity contribution in [2.45, 2.75) is 6.04 Å². The minimum atomic E-state index is -0.0241. The molecule has 1 heterocycles. The van der Waals surface area contributed by atoms with Crippen LogP contribution in [0.4, 0.5) is 4.79 Å². The second-order valence-corrected chi connectivity index (χ2v) is 5.07. The molecule has 1 saturated heterocycles. The van der Waals surface area contributed by atoms with Crippen LogP contribution in [0.3, 0.4) is 0 Å². The zero-order valence-electron chi connectivity index (χ0n) is 9.64. The van der Waals surface area contributed by atoms with Gasteiger partial charge in [0.2, 0.25) is 0 Å². The summed E-state index contributed by atoms with van der Waals surface area (Å²) >= 11 is 3.43. The van der Waals surface area contributed by atoms with Gasteiger partial charge in [0.15, 0.2) is 0 Å². The van der Waals surface area contributed by atoms with Gasteiger partial charge in [0.05, 0.1) is 12.6 Å². The van der Waals surface area contributed by atoms with Crippen molar-refractivity contribution < 1.29 is 9.90 Å². The molecule has 1 unspecified atom stereocenters. The SMILES string of the molecule is CN1CC(c2cccc(Br)c2)N(CCO)C1=O. The first-order valence-corrected chi connectivity index (χ1v) is 6.31. The standard InChI is InChI=1S/C12H15BrN2O2/c1-14-8-11(15(5-6-16)12(14)17)9-3-2-4-10(13)7-9/h2-4,7,11,16H,5-6,8H2,1H3. The average Bonchev–Trinajstić information content (AvgIpc) is 2.58. The molecule has 0 bridgehead atoms. The van der Waals surface area contributed by atoms with Crippen LogP contribution >= 0.6 is 15.9 Å². The number of amides is 2. The Labute approximate surface area is 109 Å². The normalized spacial score (nSPS) is 20.2. The molecule has 4 nitrogen and oxygen atoms in total. The molecule has 1 atom stereocenters. The number of rotatable bonds is 3. The first-order valence-electron chi connectivity index (χ1n) is 5.51. The van der Waals surface area contributed by atoms with Crippen LogP contribution in [0.2, 0.25) is 0 Å². The van der Waals surface area contributed by atoms with Crippen LogP contribution in [0.25, 0.3) is 0 Å². The topological polar surface area (TPSA) is 43.8 Å². The fraction of sp³-hybridized carbons (Fsp3) is 0.417. The Balaban J connectivity index is 2.27. The molecular formula is C12H15BrN2O2. The zero-order valence-corrected chi connectivity index (χ0v) is 11.2. The average molecular weight is 299 g/mol. The van der Waals surface area contributed by atoms with Crippen LogP contribution < -0.4 is 0 Å². The molecule has 0 aromatic heterocycles. The van der Waals surface area contributed by atoms with Gasteiger partial charge >= 0.3 is 6.03 Å². The summed E-state index contributed by atoms with van der Waals surface area (Å²) in [5, 5.41) is 9.03. The molecule has 5 heteroatoms. The van der Waals surface area contributed by atoms with Crippen molar-refractivity contribution in [2.75, 3.05) is 26.7 Å². The summed E-state index contributed by atoms with van der Waals surface area (Å²) in [6.07, 6.45) is 0. The maximum Gasteiger partial charge on any atom is 0.320 e. The number of aliphatic hydroxyl groups excluding tert-OH is 1. The minimum Gasteiger partial charge on any atom is -0.395 e. The van der Waals surface area contributed by atoms with E-state index in [2.05, 4.69) is 15.9 Å². The van der Waals surface area contributed by atoms with Crippen LogP contribution in [0.5, 0.6) is 0 Å². The van der Waals surface area contributed by atoms with E-state index in [0.717, 1.165) is 10.0 Å². The van der Waals surface area contributed by atoms with E-state index in [1.807, 2.05) is 24.3 Å². The van der Waals surface area contributed by atoms with Gasteiger partial charge in [-0.05, 0) is 17.7 Å². The quantitative estimate of drug-likeness (QED) is 0.925. The lowest BCUT2D eigenvalue weighted by atomic mass is 10.1. The number of hydrogen-bond donors (Lipinski definition) is 1. The molecule has 0 radical (unpaired) electrons. The van der Waals surface area contributed by atoms with E-state index in [1.165, 1.54) is 0 Å². The Hall–Kier alpha value is -1.07. The smallest absolute Gasteiger partial charge is 0.320 e. The lowest BCUT2D eigenvalue weighted by Crippen LogP contribution is -2.33. The van der Waals surface area contributed by atoms with E-state index in [4.69, 9.17) is 5.11 Å². The monoisotopic (exact) mass is 298 g/mol. The highest BCUT2D eigenvalue weighted by Gasteiger charge is 2.35. The van der Waals surface area contributed by atoms with Gasteiger partial charge in [-0.2, -0.15) is 0 Å². The number of hydrogen-bond acceptors (Lipinski definition) is 2. The highest BCUT2D eigenvalue weighted by Crippen LogP contribution is 2.29. The molecule has 2 amide bonds. The molecule has 17 heavy (non-hydrogen) atoms. The van der Waals surface area contributed by atoms with Crippen molar-refractivity contribution in [1.82, 2.24) is 9.80 Å². The number of carbonyl (C=O) groups is 1. The van der Waals surface area contributed by atoms with Gasteiger partial charge in [0, 0.05) is 24.6 Å². The first kappa shape index (κ1) is 12.4. The van der Waals surface area contributed by atoms with E-state index in [1.54, 1.807) is 16.8 Å². The number of halogens is 1. The van der Waals surface area contributed by atoms with Crippen LogP contribution in [0.15, 0.2) is 28.7 Å². The van der Waals surface area contributed by atoms with Crippen molar-refractivity contribution in [2.24, 2.45) is 0 Å². The van der Waals surface area contributed by atoms with Crippen LogP contribution in [0, 0.1) is 0 Å². The highest BCUT2D eigenvalue weighted by molar-refractivity contribution is 9.10. The molecular weight excluding hydrogens is 284 g/mol. The third kappa shape index (κ3) is 2.45. The van der Waals surface area contributed by atoms with Gasteiger partial charge in [-0.3, -0.25) is 0 Å². The lowest BCUT2D eigenvalue weighted by molar-refractivity contribution is 0.172. The predicted molar refractivity (Wildman–Crippen MR) is 68.7 cm³/mol. The maximum atomic E-state index is 11.9. The molecule has 1 aromatic rings. The predicted octanol–water partition coefficient (Wildman–Crippen LogP) is 1.85. The summed E-state index contributed by atoms with van der Waals surface area (Å²) in [5.74, 6) is 0. The van der Waals surface area contributed by atoms with Gasteiger partial charge in [0.25, 0.3) is 0 Å². The Bertz CT molecular complexity index is 425. The largest absolute Gasteiger partial charge is 0.395 e. The van der Waals surface area contributed by atoms with Crippen molar-refractivity contribution in [3.05, 3.63) is 34.3 Å². The van der Waals surface area contributed by atoms with Crippen LogP contribution in [0.1, 0.15) is 11.6 Å². The van der Waals surface area contributed by atoms with Gasteiger partial charge in [0.1, 0.15) is 0 Å². The number of nitrogens with zero attached hydrogens (tertiary/aromatic N) is 2. The number of β-amino-alcohol motifs (C(OH)–C–C–N with tert-alkyl or cyclic N) is 1. The summed E-state index contributed by atoms with van der Waals surface area (Å²) in [6.45, 7) is 1.03. The Morgan fingerprint density at radius 3 is 2.94 bits per heavy atom. The third-order valence-electron chi connectivity index (χ3n) is 2.97. The Kier molecular flexibility index (Phi) is 3.69. The summed E-state index contributed by atoms with van der Waals surface area (Å²) in [6, 6.07) is 7.94. The Morgan fingerprint density at radius 1 is 1.53 bits per heavy atom. The van der Waals surface area contributed by atoms with Crippen molar-refractivity contribution >= 4 is 22.0 Å². The first-order chi connectivity index (χ1) is 8.13. The highest BCUT2D eigenvalue weighted by atomic mass is 79.9. The molecule has 1 aliphatic heterocycles. The number of likely N-dealkylation sites (N-methyl/N-ethyl adjacent to an activating group) is 1. The van der Waals surface area contributed by atoms with E-state index in [0.29, 0.717) is 13.1 Å². The minimum absolute atomic E-state index is 0.00984. The van der Waals surface area contributed by atoms with Crippen molar-refractivity contribution in [3.63, 3.8) is 0 Å². The summed E-state index contributed by atoms with van der Waals surface area (Å²) in [7, 11) is 1.78. The molecule has 2 rings (SSSR count). The van der Waals surface area contributed by atoms with Crippen molar-refractivity contribution in [1.29, 1.82) is 0 Å². The Morgan fingerprint density at radius 2 is 2.29 bits per heavy atom. The van der Waals surface area contributed by atoms with Gasteiger partial charge in [-0.25, -0.2) is 4.79 Å².